The molecule has 1 rings (SSSR count). The maximum Gasteiger partial charge on any atom is 0.115 e. The number of aromatic hydroxyl groups is 1. The average molecular weight is 187 g/mol. The van der Waals surface area contributed by atoms with E-state index < -0.39 is 0 Å². The Morgan fingerprint density at radius 2 is 1.56 bits per heavy atom. The first-order chi connectivity index (χ1) is 3.79. The van der Waals surface area contributed by atoms with Gasteiger partial charge in [-0.3, -0.25) is 0 Å². The molecule has 0 amide bonds. The summed E-state index contributed by atoms with van der Waals surface area (Å²) in [6.45, 7) is 0. The van der Waals surface area contributed by atoms with Gasteiger partial charge >= 0.3 is 0 Å². The van der Waals surface area contributed by atoms with Crippen molar-refractivity contribution in [1.29, 1.82) is 0 Å². The first kappa shape index (κ1) is 8.80. The third-order valence-electron chi connectivity index (χ3n) is 0.827. The molecule has 1 aromatic rings. The molecule has 0 atom stereocenters. The van der Waals surface area contributed by atoms with Crippen molar-refractivity contribution in [2.75, 3.05) is 0 Å². The van der Waals surface area contributed by atoms with E-state index in [1.54, 1.807) is 24.3 Å². The van der Waals surface area contributed by atoms with Gasteiger partial charge in [0.05, 0.1) is 0 Å². The van der Waals surface area contributed by atoms with Gasteiger partial charge in [-0.2, -0.15) is 0 Å². The second kappa shape index (κ2) is 3.76. The third-order valence-corrected chi connectivity index (χ3v) is 1.08. The first-order valence-electron chi connectivity index (χ1n) is 2.23. The zero-order valence-electron chi connectivity index (χ0n) is 4.45. The van der Waals surface area contributed by atoms with E-state index in [9.17, 15) is 0 Å². The predicted octanol–water partition coefficient (Wildman–Crippen LogP) is 2.04. The van der Waals surface area contributed by atoms with Crippen LogP contribution in [0.3, 0.4) is 0 Å². The van der Waals surface area contributed by atoms with Crippen molar-refractivity contribution in [3.63, 3.8) is 0 Å². The number of hydrogen-bond acceptors (Lipinski definition) is 1. The van der Waals surface area contributed by atoms with Gasteiger partial charge in [-0.05, 0) is 24.3 Å². The largest absolute Gasteiger partial charge is 0.508 e. The number of hydrogen-bond donors (Lipinski definition) is 1. The average Bonchev–Trinajstić information content (AvgIpc) is 1.77. The van der Waals surface area contributed by atoms with Crippen molar-refractivity contribution >= 4 is 11.6 Å². The number of phenols is 1. The number of rotatable bonds is 0. The van der Waals surface area contributed by atoms with Crippen LogP contribution in [0.4, 0.5) is 0 Å². The van der Waals surface area contributed by atoms with Gasteiger partial charge in [0.2, 0.25) is 0 Å². The van der Waals surface area contributed by atoms with Crippen molar-refractivity contribution in [2.24, 2.45) is 0 Å². The third kappa shape index (κ3) is 2.73. The zero-order valence-corrected chi connectivity index (χ0v) is 6.19. The van der Waals surface area contributed by atoms with Gasteiger partial charge in [-0.1, -0.05) is 11.6 Å². The molecule has 52 valence electrons. The Bertz CT molecular complexity index is 152. The normalized spacial score (nSPS) is 8.11. The van der Waals surface area contributed by atoms with Gasteiger partial charge in [-0.25, -0.2) is 0 Å². The molecule has 0 bridgehead atoms. The predicted molar refractivity (Wildman–Crippen MR) is 33.1 cm³/mol. The second-order valence-corrected chi connectivity index (χ2v) is 1.91. The first-order valence-corrected chi connectivity index (χ1v) is 2.61. The van der Waals surface area contributed by atoms with E-state index in [1.165, 1.54) is 0 Å². The van der Waals surface area contributed by atoms with Crippen molar-refractivity contribution in [1.82, 2.24) is 0 Å². The van der Waals surface area contributed by atoms with Crippen molar-refractivity contribution in [2.45, 2.75) is 0 Å². The van der Waals surface area contributed by atoms with Gasteiger partial charge in [0.25, 0.3) is 0 Å². The number of halogens is 1. The molecule has 0 radical (unpaired) electrons. The van der Waals surface area contributed by atoms with Crippen molar-refractivity contribution in [3.8, 4) is 5.75 Å². The molecule has 0 saturated carbocycles. The van der Waals surface area contributed by atoms with Gasteiger partial charge in [0, 0.05) is 21.5 Å². The second-order valence-electron chi connectivity index (χ2n) is 1.48. The molecular weight excluding hydrogens is 182 g/mol. The van der Waals surface area contributed by atoms with E-state index in [0.29, 0.717) is 5.02 Å². The van der Waals surface area contributed by atoms with E-state index in [-0.39, 0.29) is 22.2 Å². The van der Waals surface area contributed by atoms with Crippen LogP contribution >= 0.6 is 11.6 Å². The molecule has 9 heavy (non-hydrogen) atoms. The standard InChI is InChI=1S/C6H5ClO.Ni/c7-5-1-3-6(8)4-2-5;/h1-4,8H;. The molecule has 1 nitrogen and oxygen atoms in total. The van der Waals surface area contributed by atoms with Crippen LogP contribution in [0.5, 0.6) is 5.75 Å². The van der Waals surface area contributed by atoms with E-state index in [4.69, 9.17) is 16.7 Å². The summed E-state index contributed by atoms with van der Waals surface area (Å²) in [5, 5.41) is 9.34. The Labute approximate surface area is 68.6 Å². The van der Waals surface area contributed by atoms with E-state index in [2.05, 4.69) is 0 Å². The fourth-order valence-electron chi connectivity index (χ4n) is 0.441. The maximum absolute atomic E-state index is 8.70. The van der Waals surface area contributed by atoms with Gasteiger partial charge in [0.1, 0.15) is 5.75 Å². The summed E-state index contributed by atoms with van der Waals surface area (Å²) in [4.78, 5) is 0. The molecule has 0 unspecified atom stereocenters. The van der Waals surface area contributed by atoms with Crippen molar-refractivity contribution < 1.29 is 21.6 Å². The van der Waals surface area contributed by atoms with Crippen LogP contribution in [0, 0.1) is 0 Å². The smallest absolute Gasteiger partial charge is 0.115 e. The molecule has 0 fully saturated rings. The minimum atomic E-state index is 0. The Balaban J connectivity index is 0.000000640. The summed E-state index contributed by atoms with van der Waals surface area (Å²) < 4.78 is 0. The number of benzene rings is 1. The maximum atomic E-state index is 8.70. The Morgan fingerprint density at radius 3 is 1.89 bits per heavy atom. The summed E-state index contributed by atoms with van der Waals surface area (Å²) in [5.41, 5.74) is 0. The summed E-state index contributed by atoms with van der Waals surface area (Å²) in [6, 6.07) is 6.36. The zero-order chi connectivity index (χ0) is 5.98. The fourth-order valence-corrected chi connectivity index (χ4v) is 0.567. The van der Waals surface area contributed by atoms with Gasteiger partial charge < -0.3 is 5.11 Å². The van der Waals surface area contributed by atoms with E-state index >= 15 is 0 Å². The summed E-state index contributed by atoms with van der Waals surface area (Å²) in [5.74, 6) is 0.245. The molecule has 0 aliphatic heterocycles. The van der Waals surface area contributed by atoms with Crippen LogP contribution in [0.1, 0.15) is 0 Å². The summed E-state index contributed by atoms with van der Waals surface area (Å²) in [7, 11) is 0. The Hall–Kier alpha value is -0.196. The summed E-state index contributed by atoms with van der Waals surface area (Å²) in [6.07, 6.45) is 0. The Kier molecular flexibility index (Phi) is 3.68. The quantitative estimate of drug-likeness (QED) is 0.616. The van der Waals surface area contributed by atoms with Gasteiger partial charge in [0.15, 0.2) is 0 Å². The minimum absolute atomic E-state index is 0. The Morgan fingerprint density at radius 1 is 1.11 bits per heavy atom. The molecule has 0 heterocycles. The molecule has 0 aliphatic carbocycles. The molecule has 3 heteroatoms. The molecule has 0 saturated heterocycles. The fraction of sp³-hybridized carbons (Fsp3) is 0. The molecule has 0 aromatic heterocycles. The number of phenolic OH excluding ortho intramolecular Hbond substituents is 1. The molecular formula is C6H5ClNiO. The summed E-state index contributed by atoms with van der Waals surface area (Å²) >= 11 is 5.50. The van der Waals surface area contributed by atoms with Crippen LogP contribution in [-0.2, 0) is 16.5 Å². The van der Waals surface area contributed by atoms with Crippen LogP contribution in [0.15, 0.2) is 24.3 Å². The minimum Gasteiger partial charge on any atom is -0.508 e. The SMILES string of the molecule is Oc1ccc(Cl)cc1.[Ni]. The van der Waals surface area contributed by atoms with Crippen LogP contribution in [0.25, 0.3) is 0 Å². The van der Waals surface area contributed by atoms with Crippen LogP contribution in [-0.4, -0.2) is 5.11 Å². The van der Waals surface area contributed by atoms with E-state index in [1.807, 2.05) is 0 Å². The van der Waals surface area contributed by atoms with Crippen LogP contribution in [0.2, 0.25) is 5.02 Å². The van der Waals surface area contributed by atoms with Crippen LogP contribution < -0.4 is 0 Å². The van der Waals surface area contributed by atoms with Gasteiger partial charge in [-0.15, -0.1) is 0 Å². The molecule has 1 aromatic carbocycles. The molecule has 1 N–H and O–H groups in total. The molecule has 0 aliphatic rings. The molecule has 0 spiro atoms. The monoisotopic (exact) mass is 186 g/mol. The van der Waals surface area contributed by atoms with E-state index in [0.717, 1.165) is 0 Å². The topological polar surface area (TPSA) is 20.2 Å². The van der Waals surface area contributed by atoms with Crippen molar-refractivity contribution in [3.05, 3.63) is 29.3 Å².